The third kappa shape index (κ3) is 25.6. The molecule has 0 aliphatic carbocycles. The zero-order valence-electron chi connectivity index (χ0n) is 11.5. The van der Waals surface area contributed by atoms with Gasteiger partial charge in [0.15, 0.2) is 0 Å². The molecule has 0 aliphatic heterocycles. The molecule has 0 aromatic heterocycles. The summed E-state index contributed by atoms with van der Waals surface area (Å²) in [7, 11) is 0. The third-order valence-corrected chi connectivity index (χ3v) is 1.96. The van der Waals surface area contributed by atoms with Gasteiger partial charge in [0, 0.05) is 19.6 Å². The average Bonchev–Trinajstić information content (AvgIpc) is 2.33. The van der Waals surface area contributed by atoms with Crippen molar-refractivity contribution in [1.82, 2.24) is 0 Å². The number of aliphatic carboxylic acids is 1. The second-order valence-corrected chi connectivity index (χ2v) is 3.68. The molecule has 0 saturated heterocycles. The van der Waals surface area contributed by atoms with Crippen LogP contribution in [0.3, 0.4) is 0 Å². The highest BCUT2D eigenvalue weighted by molar-refractivity contribution is 5.66. The van der Waals surface area contributed by atoms with E-state index in [1.165, 1.54) is 12.8 Å². The maximum absolute atomic E-state index is 9.37. The standard InChI is InChI=1S/C10H22O2.C3H6O2/c1-3-5-7-11-9-10-12-8-6-4-2;1-2-3(4)5/h3-10H2,1-2H3;2H2,1H3,(H,4,5). The molecular weight excluding hydrogens is 220 g/mol. The molecule has 0 saturated carbocycles. The van der Waals surface area contributed by atoms with E-state index in [2.05, 4.69) is 13.8 Å². The van der Waals surface area contributed by atoms with E-state index in [1.807, 2.05) is 0 Å². The zero-order chi connectivity index (χ0) is 13.4. The van der Waals surface area contributed by atoms with E-state index >= 15 is 0 Å². The summed E-state index contributed by atoms with van der Waals surface area (Å²) in [4.78, 5) is 9.37. The molecule has 4 heteroatoms. The van der Waals surface area contributed by atoms with Crippen LogP contribution < -0.4 is 0 Å². The Morgan fingerprint density at radius 3 is 1.47 bits per heavy atom. The van der Waals surface area contributed by atoms with Crippen LogP contribution in [0.2, 0.25) is 0 Å². The molecule has 0 bridgehead atoms. The fourth-order valence-electron chi connectivity index (χ4n) is 0.815. The lowest BCUT2D eigenvalue weighted by atomic mass is 10.4. The molecule has 104 valence electrons. The van der Waals surface area contributed by atoms with Gasteiger partial charge in [0.1, 0.15) is 0 Å². The summed E-state index contributed by atoms with van der Waals surface area (Å²) in [6.07, 6.45) is 4.96. The molecule has 0 radical (unpaired) electrons. The van der Waals surface area contributed by atoms with Gasteiger partial charge in [0.2, 0.25) is 0 Å². The minimum atomic E-state index is -0.745. The number of carboxylic acids is 1. The van der Waals surface area contributed by atoms with Crippen molar-refractivity contribution in [2.45, 2.75) is 52.9 Å². The van der Waals surface area contributed by atoms with Gasteiger partial charge in [0.05, 0.1) is 13.2 Å². The van der Waals surface area contributed by atoms with Crippen LogP contribution in [-0.2, 0) is 14.3 Å². The predicted octanol–water partition coefficient (Wildman–Crippen LogP) is 3.10. The number of ether oxygens (including phenoxy) is 2. The largest absolute Gasteiger partial charge is 0.481 e. The van der Waals surface area contributed by atoms with E-state index in [1.54, 1.807) is 6.92 Å². The summed E-state index contributed by atoms with van der Waals surface area (Å²) in [6.45, 7) is 9.21. The maximum Gasteiger partial charge on any atom is 0.303 e. The van der Waals surface area contributed by atoms with Crippen LogP contribution in [0.25, 0.3) is 0 Å². The Morgan fingerprint density at radius 2 is 1.24 bits per heavy atom. The number of unbranched alkanes of at least 4 members (excludes halogenated alkanes) is 2. The first-order chi connectivity index (χ1) is 8.18. The van der Waals surface area contributed by atoms with Gasteiger partial charge in [-0.2, -0.15) is 0 Å². The molecule has 0 unspecified atom stereocenters. The monoisotopic (exact) mass is 248 g/mol. The van der Waals surface area contributed by atoms with Crippen LogP contribution in [0.4, 0.5) is 0 Å². The van der Waals surface area contributed by atoms with Gasteiger partial charge >= 0.3 is 5.97 Å². The molecule has 0 atom stereocenters. The van der Waals surface area contributed by atoms with Gasteiger partial charge in [0.25, 0.3) is 0 Å². The van der Waals surface area contributed by atoms with E-state index in [9.17, 15) is 4.79 Å². The Bertz CT molecular complexity index is 138. The minimum Gasteiger partial charge on any atom is -0.481 e. The number of hydrogen-bond acceptors (Lipinski definition) is 3. The topological polar surface area (TPSA) is 55.8 Å². The van der Waals surface area contributed by atoms with Crippen molar-refractivity contribution >= 4 is 5.97 Å². The molecule has 0 fully saturated rings. The van der Waals surface area contributed by atoms with Crippen molar-refractivity contribution in [3.63, 3.8) is 0 Å². The zero-order valence-corrected chi connectivity index (χ0v) is 11.5. The molecule has 4 nitrogen and oxygen atoms in total. The Hall–Kier alpha value is -0.610. The summed E-state index contributed by atoms with van der Waals surface area (Å²) in [5.74, 6) is -0.745. The Kier molecular flexibility index (Phi) is 19.6. The molecule has 0 aliphatic rings. The van der Waals surface area contributed by atoms with Crippen molar-refractivity contribution < 1.29 is 19.4 Å². The highest BCUT2D eigenvalue weighted by Crippen LogP contribution is 1.90. The second kappa shape index (κ2) is 17.8. The van der Waals surface area contributed by atoms with Crippen molar-refractivity contribution in [3.05, 3.63) is 0 Å². The Labute approximate surface area is 105 Å². The molecule has 0 aromatic rings. The third-order valence-electron chi connectivity index (χ3n) is 1.96. The van der Waals surface area contributed by atoms with Crippen molar-refractivity contribution in [3.8, 4) is 0 Å². The van der Waals surface area contributed by atoms with Crippen LogP contribution in [0.5, 0.6) is 0 Å². The van der Waals surface area contributed by atoms with E-state index in [0.29, 0.717) is 0 Å². The lowest BCUT2D eigenvalue weighted by Crippen LogP contribution is -2.05. The van der Waals surface area contributed by atoms with Gasteiger partial charge in [-0.3, -0.25) is 4.79 Å². The van der Waals surface area contributed by atoms with E-state index in [0.717, 1.165) is 39.3 Å². The average molecular weight is 248 g/mol. The summed E-state index contributed by atoms with van der Waals surface area (Å²) in [5.41, 5.74) is 0. The highest BCUT2D eigenvalue weighted by atomic mass is 16.5. The van der Waals surface area contributed by atoms with Gasteiger partial charge in [-0.05, 0) is 12.8 Å². The van der Waals surface area contributed by atoms with E-state index < -0.39 is 5.97 Å². The lowest BCUT2D eigenvalue weighted by molar-refractivity contribution is -0.136. The fraction of sp³-hybridized carbons (Fsp3) is 0.923. The van der Waals surface area contributed by atoms with E-state index in [-0.39, 0.29) is 6.42 Å². The molecule has 0 aromatic carbocycles. The van der Waals surface area contributed by atoms with Crippen LogP contribution in [-0.4, -0.2) is 37.5 Å². The number of carboxylic acid groups (broad SMARTS) is 1. The molecule has 0 amide bonds. The van der Waals surface area contributed by atoms with Crippen LogP contribution >= 0.6 is 0 Å². The van der Waals surface area contributed by atoms with Crippen LogP contribution in [0, 0.1) is 0 Å². The molecule has 1 N–H and O–H groups in total. The van der Waals surface area contributed by atoms with Crippen molar-refractivity contribution in [1.29, 1.82) is 0 Å². The maximum atomic E-state index is 9.37. The summed E-state index contributed by atoms with van der Waals surface area (Å²) in [6, 6.07) is 0. The fourth-order valence-corrected chi connectivity index (χ4v) is 0.815. The van der Waals surface area contributed by atoms with E-state index in [4.69, 9.17) is 14.6 Å². The summed E-state index contributed by atoms with van der Waals surface area (Å²) >= 11 is 0. The number of rotatable bonds is 10. The molecule has 0 spiro atoms. The van der Waals surface area contributed by atoms with Crippen molar-refractivity contribution in [2.75, 3.05) is 26.4 Å². The smallest absolute Gasteiger partial charge is 0.303 e. The van der Waals surface area contributed by atoms with Crippen LogP contribution in [0.15, 0.2) is 0 Å². The van der Waals surface area contributed by atoms with Gasteiger partial charge in [-0.25, -0.2) is 0 Å². The molecular formula is C13H28O4. The van der Waals surface area contributed by atoms with Gasteiger partial charge in [-0.1, -0.05) is 33.6 Å². The van der Waals surface area contributed by atoms with Gasteiger partial charge in [-0.15, -0.1) is 0 Å². The van der Waals surface area contributed by atoms with Gasteiger partial charge < -0.3 is 14.6 Å². The number of carbonyl (C=O) groups is 1. The minimum absolute atomic E-state index is 0.222. The second-order valence-electron chi connectivity index (χ2n) is 3.68. The first-order valence-electron chi connectivity index (χ1n) is 6.56. The normalized spacial score (nSPS) is 9.59. The molecule has 0 heterocycles. The van der Waals surface area contributed by atoms with Crippen LogP contribution in [0.1, 0.15) is 52.9 Å². The van der Waals surface area contributed by atoms with Crippen molar-refractivity contribution in [2.24, 2.45) is 0 Å². The summed E-state index contributed by atoms with van der Waals surface area (Å²) < 4.78 is 10.7. The SMILES string of the molecule is CCC(=O)O.CCCCOCCOCCCC. The molecule has 0 rings (SSSR count). The lowest BCUT2D eigenvalue weighted by Gasteiger charge is -2.03. The highest BCUT2D eigenvalue weighted by Gasteiger charge is 1.88. The predicted molar refractivity (Wildman–Crippen MR) is 69.4 cm³/mol. The molecule has 17 heavy (non-hydrogen) atoms. The Morgan fingerprint density at radius 1 is 0.882 bits per heavy atom. The quantitative estimate of drug-likeness (QED) is 0.604. The summed E-state index contributed by atoms with van der Waals surface area (Å²) in [5, 5.41) is 7.72. The Balaban J connectivity index is 0. The number of hydrogen-bond donors (Lipinski definition) is 1. The first-order valence-corrected chi connectivity index (χ1v) is 6.56. The first kappa shape index (κ1) is 18.7.